The van der Waals surface area contributed by atoms with Gasteiger partial charge in [-0.15, -0.1) is 0 Å². The number of nitrogens with zero attached hydrogens (tertiary/aromatic N) is 1. The van der Waals surface area contributed by atoms with Gasteiger partial charge in [-0.25, -0.2) is 0 Å². The van der Waals surface area contributed by atoms with Gasteiger partial charge < -0.3 is 10.5 Å². The van der Waals surface area contributed by atoms with Crippen LogP contribution in [0.1, 0.15) is 70.6 Å². The Labute approximate surface area is 124 Å². The SMILES string of the molecule is NCC1CCCCCN1C1CCOC2(CCCCC2)C1. The van der Waals surface area contributed by atoms with Gasteiger partial charge in [-0.1, -0.05) is 32.1 Å². The standard InChI is InChI=1S/C17H32N2O/c18-14-16-7-3-1-6-11-19(16)15-8-12-20-17(13-15)9-4-2-5-10-17/h15-16H,1-14,18H2. The highest BCUT2D eigenvalue weighted by Gasteiger charge is 2.41. The molecule has 3 fully saturated rings. The maximum Gasteiger partial charge on any atom is 0.0697 e. The number of ether oxygens (including phenoxy) is 1. The van der Waals surface area contributed by atoms with Crippen molar-refractivity contribution in [2.75, 3.05) is 19.7 Å². The molecule has 0 amide bonds. The first-order valence-electron chi connectivity index (χ1n) is 8.93. The van der Waals surface area contributed by atoms with E-state index >= 15 is 0 Å². The van der Waals surface area contributed by atoms with E-state index in [0.717, 1.165) is 19.2 Å². The lowest BCUT2D eigenvalue weighted by Crippen LogP contribution is -2.53. The minimum Gasteiger partial charge on any atom is -0.375 e. The maximum atomic E-state index is 6.27. The molecule has 2 atom stereocenters. The third-order valence-corrected chi connectivity index (χ3v) is 5.90. The Balaban J connectivity index is 1.68. The normalized spacial score (nSPS) is 35.9. The van der Waals surface area contributed by atoms with Crippen molar-refractivity contribution in [1.29, 1.82) is 0 Å². The lowest BCUT2D eigenvalue weighted by atomic mass is 9.77. The smallest absolute Gasteiger partial charge is 0.0697 e. The Bertz CT molecular complexity index is 296. The number of nitrogens with two attached hydrogens (primary N) is 1. The van der Waals surface area contributed by atoms with Gasteiger partial charge in [0.25, 0.3) is 0 Å². The summed E-state index contributed by atoms with van der Waals surface area (Å²) in [4.78, 5) is 2.77. The number of hydrogen-bond acceptors (Lipinski definition) is 3. The summed E-state index contributed by atoms with van der Waals surface area (Å²) < 4.78 is 6.27. The summed E-state index contributed by atoms with van der Waals surface area (Å²) in [5, 5.41) is 0. The van der Waals surface area contributed by atoms with E-state index < -0.39 is 0 Å². The molecule has 3 rings (SSSR count). The quantitative estimate of drug-likeness (QED) is 0.845. The van der Waals surface area contributed by atoms with Crippen molar-refractivity contribution in [2.24, 2.45) is 5.73 Å². The van der Waals surface area contributed by atoms with E-state index in [1.807, 2.05) is 0 Å². The number of hydrogen-bond donors (Lipinski definition) is 1. The summed E-state index contributed by atoms with van der Waals surface area (Å²) in [7, 11) is 0. The fraction of sp³-hybridized carbons (Fsp3) is 1.00. The third-order valence-electron chi connectivity index (χ3n) is 5.90. The van der Waals surface area contributed by atoms with Gasteiger partial charge in [-0.2, -0.15) is 0 Å². The molecule has 3 heteroatoms. The minimum atomic E-state index is 0.229. The van der Waals surface area contributed by atoms with Gasteiger partial charge >= 0.3 is 0 Å². The Morgan fingerprint density at radius 2 is 1.80 bits per heavy atom. The highest BCUT2D eigenvalue weighted by atomic mass is 16.5. The Kier molecular flexibility index (Phi) is 5.00. The molecule has 3 nitrogen and oxygen atoms in total. The predicted molar refractivity (Wildman–Crippen MR) is 82.8 cm³/mol. The van der Waals surface area contributed by atoms with Crippen molar-refractivity contribution in [3.8, 4) is 0 Å². The molecule has 0 aromatic carbocycles. The first kappa shape index (κ1) is 14.8. The summed E-state index contributed by atoms with van der Waals surface area (Å²) in [5.74, 6) is 0. The summed E-state index contributed by atoms with van der Waals surface area (Å²) in [6, 6.07) is 1.36. The molecule has 116 valence electrons. The van der Waals surface area contributed by atoms with Crippen LogP contribution in [0.25, 0.3) is 0 Å². The zero-order valence-corrected chi connectivity index (χ0v) is 13.0. The summed E-state index contributed by atoms with van der Waals surface area (Å²) >= 11 is 0. The summed E-state index contributed by atoms with van der Waals surface area (Å²) in [5.41, 5.74) is 6.30. The highest BCUT2D eigenvalue weighted by Crippen LogP contribution is 2.40. The van der Waals surface area contributed by atoms with E-state index in [1.165, 1.54) is 77.2 Å². The van der Waals surface area contributed by atoms with Crippen LogP contribution in [0.2, 0.25) is 0 Å². The average molecular weight is 280 g/mol. The Morgan fingerprint density at radius 3 is 2.60 bits per heavy atom. The van der Waals surface area contributed by atoms with Crippen LogP contribution in [0.4, 0.5) is 0 Å². The summed E-state index contributed by atoms with van der Waals surface area (Å²) in [6.07, 6.45) is 14.7. The molecular formula is C17H32N2O. The fourth-order valence-electron chi connectivity index (χ4n) is 4.76. The van der Waals surface area contributed by atoms with Crippen molar-refractivity contribution in [3.05, 3.63) is 0 Å². The molecular weight excluding hydrogens is 248 g/mol. The maximum absolute atomic E-state index is 6.27. The van der Waals surface area contributed by atoms with Crippen LogP contribution < -0.4 is 5.73 Å². The Morgan fingerprint density at radius 1 is 1.00 bits per heavy atom. The Hall–Kier alpha value is -0.120. The fourth-order valence-corrected chi connectivity index (χ4v) is 4.76. The number of rotatable bonds is 2. The van der Waals surface area contributed by atoms with E-state index in [0.29, 0.717) is 6.04 Å². The third kappa shape index (κ3) is 3.20. The monoisotopic (exact) mass is 280 g/mol. The van der Waals surface area contributed by atoms with Gasteiger partial charge in [-0.05, 0) is 45.1 Å². The molecule has 3 aliphatic rings. The van der Waals surface area contributed by atoms with E-state index in [4.69, 9.17) is 10.5 Å². The van der Waals surface area contributed by atoms with Gasteiger partial charge in [0.05, 0.1) is 5.60 Å². The van der Waals surface area contributed by atoms with Crippen LogP contribution in [0.3, 0.4) is 0 Å². The minimum absolute atomic E-state index is 0.229. The van der Waals surface area contributed by atoms with E-state index in [2.05, 4.69) is 4.90 Å². The van der Waals surface area contributed by atoms with Crippen LogP contribution in [-0.4, -0.2) is 42.3 Å². The van der Waals surface area contributed by atoms with Gasteiger partial charge in [0.1, 0.15) is 0 Å². The molecule has 0 bridgehead atoms. The molecule has 0 aromatic rings. The van der Waals surface area contributed by atoms with Gasteiger partial charge in [0, 0.05) is 25.2 Å². The first-order chi connectivity index (χ1) is 9.83. The number of likely N-dealkylation sites (tertiary alicyclic amines) is 1. The second kappa shape index (κ2) is 6.76. The highest BCUT2D eigenvalue weighted by molar-refractivity contribution is 4.94. The average Bonchev–Trinajstić information content (AvgIpc) is 2.73. The van der Waals surface area contributed by atoms with Crippen LogP contribution in [0.15, 0.2) is 0 Å². The van der Waals surface area contributed by atoms with Crippen LogP contribution in [-0.2, 0) is 4.74 Å². The van der Waals surface area contributed by atoms with Crippen LogP contribution in [0, 0.1) is 0 Å². The molecule has 1 aliphatic carbocycles. The second-order valence-corrected chi connectivity index (χ2v) is 7.22. The predicted octanol–water partition coefficient (Wildman–Crippen LogP) is 3.07. The summed E-state index contributed by atoms with van der Waals surface area (Å²) in [6.45, 7) is 3.07. The largest absolute Gasteiger partial charge is 0.375 e. The molecule has 0 aromatic heterocycles. The van der Waals surface area contributed by atoms with Crippen LogP contribution in [0.5, 0.6) is 0 Å². The van der Waals surface area contributed by atoms with Crippen LogP contribution >= 0.6 is 0 Å². The second-order valence-electron chi connectivity index (χ2n) is 7.22. The van der Waals surface area contributed by atoms with Gasteiger partial charge in [0.2, 0.25) is 0 Å². The van der Waals surface area contributed by atoms with Crippen molar-refractivity contribution in [2.45, 2.75) is 88.3 Å². The first-order valence-corrected chi connectivity index (χ1v) is 8.93. The molecule has 20 heavy (non-hydrogen) atoms. The van der Waals surface area contributed by atoms with Gasteiger partial charge in [-0.3, -0.25) is 4.90 Å². The molecule has 1 spiro atoms. The van der Waals surface area contributed by atoms with Crippen molar-refractivity contribution >= 4 is 0 Å². The van der Waals surface area contributed by atoms with Crippen molar-refractivity contribution in [3.63, 3.8) is 0 Å². The van der Waals surface area contributed by atoms with E-state index in [1.54, 1.807) is 0 Å². The molecule has 1 saturated carbocycles. The lowest BCUT2D eigenvalue weighted by Gasteiger charge is -2.48. The molecule has 2 heterocycles. The van der Waals surface area contributed by atoms with Crippen molar-refractivity contribution in [1.82, 2.24) is 4.90 Å². The van der Waals surface area contributed by atoms with Gasteiger partial charge in [0.15, 0.2) is 0 Å². The zero-order chi connectivity index (χ0) is 13.8. The molecule has 0 radical (unpaired) electrons. The molecule has 2 aliphatic heterocycles. The van der Waals surface area contributed by atoms with E-state index in [9.17, 15) is 0 Å². The van der Waals surface area contributed by atoms with E-state index in [-0.39, 0.29) is 5.60 Å². The molecule has 2 unspecified atom stereocenters. The topological polar surface area (TPSA) is 38.5 Å². The molecule has 2 N–H and O–H groups in total. The molecule has 2 saturated heterocycles. The zero-order valence-electron chi connectivity index (χ0n) is 13.0. The lowest BCUT2D eigenvalue weighted by molar-refractivity contribution is -0.127. The van der Waals surface area contributed by atoms with Crippen molar-refractivity contribution < 1.29 is 4.74 Å².